The number of Topliss-reactive ketones (excluding diaryl/α,β-unsaturated/α-hetero) is 1. The van der Waals surface area contributed by atoms with Crippen molar-refractivity contribution in [2.24, 2.45) is 0 Å². The van der Waals surface area contributed by atoms with Crippen LogP contribution >= 0.6 is 0 Å². The molecule has 1 aromatic rings. The summed E-state index contributed by atoms with van der Waals surface area (Å²) in [5, 5.41) is 0. The van der Waals surface area contributed by atoms with Crippen molar-refractivity contribution in [3.8, 4) is 0 Å². The van der Waals surface area contributed by atoms with Crippen LogP contribution in [0.2, 0.25) is 0 Å². The van der Waals surface area contributed by atoms with E-state index < -0.39 is 0 Å². The highest BCUT2D eigenvalue weighted by Gasteiger charge is 2.18. The smallest absolute Gasteiger partial charge is 0.162 e. The van der Waals surface area contributed by atoms with Gasteiger partial charge < -0.3 is 4.74 Å². The molecule has 2 nitrogen and oxygen atoms in total. The van der Waals surface area contributed by atoms with Crippen molar-refractivity contribution in [2.45, 2.75) is 31.8 Å². The van der Waals surface area contributed by atoms with Crippen molar-refractivity contribution in [1.82, 2.24) is 0 Å². The molecule has 86 valence electrons. The fourth-order valence-corrected chi connectivity index (χ4v) is 1.63. The third-order valence-electron chi connectivity index (χ3n) is 2.85. The molecule has 0 unspecified atom stereocenters. The van der Waals surface area contributed by atoms with Crippen molar-refractivity contribution >= 4 is 5.78 Å². The molecule has 0 saturated heterocycles. The molecule has 1 saturated carbocycles. The quantitative estimate of drug-likeness (QED) is 0.765. The number of ketones is 1. The van der Waals surface area contributed by atoms with Gasteiger partial charge in [-0.05, 0) is 37.0 Å². The number of hydrogen-bond donors (Lipinski definition) is 0. The Kier molecular flexibility index (Phi) is 3.67. The van der Waals surface area contributed by atoms with Gasteiger partial charge in [-0.1, -0.05) is 12.1 Å². The monoisotopic (exact) mass is 222 g/mol. The summed E-state index contributed by atoms with van der Waals surface area (Å²) < 4.78 is 18.0. The van der Waals surface area contributed by atoms with Gasteiger partial charge in [0.15, 0.2) is 5.78 Å². The summed E-state index contributed by atoms with van der Waals surface area (Å²) in [5.41, 5.74) is 0.837. The lowest BCUT2D eigenvalue weighted by atomic mass is 9.96. The molecule has 0 atom stereocenters. The molecule has 0 amide bonds. The lowest BCUT2D eigenvalue weighted by Crippen LogP contribution is -2.25. The number of halogens is 1. The maximum Gasteiger partial charge on any atom is 0.162 e. The van der Waals surface area contributed by atoms with E-state index in [1.807, 2.05) is 0 Å². The van der Waals surface area contributed by atoms with Gasteiger partial charge in [0.25, 0.3) is 0 Å². The Balaban J connectivity index is 1.75. The maximum absolute atomic E-state index is 12.6. The SMILES string of the molecule is O=C(COC1CCC1)Cc1ccc(F)cc1. The molecule has 1 fully saturated rings. The lowest BCUT2D eigenvalue weighted by molar-refractivity contribution is -0.126. The van der Waals surface area contributed by atoms with Gasteiger partial charge in [0, 0.05) is 6.42 Å². The Bertz CT molecular complexity index is 355. The van der Waals surface area contributed by atoms with E-state index in [0.717, 1.165) is 18.4 Å². The Morgan fingerprint density at radius 1 is 1.31 bits per heavy atom. The largest absolute Gasteiger partial charge is 0.370 e. The van der Waals surface area contributed by atoms with Crippen LogP contribution in [0.4, 0.5) is 4.39 Å². The summed E-state index contributed by atoms with van der Waals surface area (Å²) in [6.45, 7) is 0.183. The van der Waals surface area contributed by atoms with Crippen molar-refractivity contribution < 1.29 is 13.9 Å². The van der Waals surface area contributed by atoms with E-state index in [1.54, 1.807) is 12.1 Å². The zero-order valence-electron chi connectivity index (χ0n) is 9.12. The van der Waals surface area contributed by atoms with Gasteiger partial charge in [-0.25, -0.2) is 4.39 Å². The van der Waals surface area contributed by atoms with E-state index in [4.69, 9.17) is 4.74 Å². The van der Waals surface area contributed by atoms with Gasteiger partial charge in [0.1, 0.15) is 12.4 Å². The molecule has 0 N–H and O–H groups in total. The number of rotatable bonds is 5. The van der Waals surface area contributed by atoms with E-state index in [-0.39, 0.29) is 24.3 Å². The molecule has 1 aliphatic rings. The fourth-order valence-electron chi connectivity index (χ4n) is 1.63. The van der Waals surface area contributed by atoms with Gasteiger partial charge in [0.05, 0.1) is 6.10 Å². The first kappa shape index (κ1) is 11.3. The molecule has 0 aliphatic heterocycles. The first-order valence-electron chi connectivity index (χ1n) is 5.62. The number of benzene rings is 1. The zero-order chi connectivity index (χ0) is 11.4. The average Bonchev–Trinajstić information content (AvgIpc) is 2.19. The molecule has 3 heteroatoms. The third kappa shape index (κ3) is 3.14. The molecule has 0 aromatic heterocycles. The highest BCUT2D eigenvalue weighted by Crippen LogP contribution is 2.21. The van der Waals surface area contributed by atoms with Gasteiger partial charge in [-0.15, -0.1) is 0 Å². The zero-order valence-corrected chi connectivity index (χ0v) is 9.12. The maximum atomic E-state index is 12.6. The van der Waals surface area contributed by atoms with Crippen LogP contribution in [0.3, 0.4) is 0 Å². The minimum Gasteiger partial charge on any atom is -0.370 e. The van der Waals surface area contributed by atoms with E-state index in [2.05, 4.69) is 0 Å². The molecule has 1 aliphatic carbocycles. The summed E-state index contributed by atoms with van der Waals surface area (Å²) in [6, 6.07) is 6.01. The Hall–Kier alpha value is -1.22. The van der Waals surface area contributed by atoms with Crippen molar-refractivity contribution in [3.05, 3.63) is 35.6 Å². The normalized spacial score (nSPS) is 15.8. The van der Waals surface area contributed by atoms with Crippen molar-refractivity contribution in [1.29, 1.82) is 0 Å². The summed E-state index contributed by atoms with van der Waals surface area (Å²) in [7, 11) is 0. The highest BCUT2D eigenvalue weighted by molar-refractivity contribution is 5.82. The topological polar surface area (TPSA) is 26.3 Å². The van der Waals surface area contributed by atoms with Crippen LogP contribution < -0.4 is 0 Å². The van der Waals surface area contributed by atoms with Crippen LogP contribution in [0.15, 0.2) is 24.3 Å². The van der Waals surface area contributed by atoms with E-state index >= 15 is 0 Å². The number of ether oxygens (including phenoxy) is 1. The Morgan fingerprint density at radius 2 is 2.00 bits per heavy atom. The molecule has 2 rings (SSSR count). The number of carbonyl (C=O) groups is 1. The Morgan fingerprint density at radius 3 is 2.56 bits per heavy atom. The summed E-state index contributed by atoms with van der Waals surface area (Å²) >= 11 is 0. The molecule has 0 bridgehead atoms. The predicted molar refractivity (Wildman–Crippen MR) is 58.7 cm³/mol. The highest BCUT2D eigenvalue weighted by atomic mass is 19.1. The molecule has 16 heavy (non-hydrogen) atoms. The molecule has 0 heterocycles. The minimum atomic E-state index is -0.276. The molecule has 0 spiro atoms. The van der Waals surface area contributed by atoms with Crippen LogP contribution in [0.25, 0.3) is 0 Å². The average molecular weight is 222 g/mol. The van der Waals surface area contributed by atoms with Crippen LogP contribution in [0.1, 0.15) is 24.8 Å². The molecular weight excluding hydrogens is 207 g/mol. The van der Waals surface area contributed by atoms with Gasteiger partial charge >= 0.3 is 0 Å². The standard InChI is InChI=1S/C13H15FO2/c14-11-6-4-10(5-7-11)8-12(15)9-16-13-2-1-3-13/h4-7,13H,1-3,8-9H2. The molecule has 1 aromatic carbocycles. The van der Waals surface area contributed by atoms with Gasteiger partial charge in [-0.3, -0.25) is 4.79 Å². The van der Waals surface area contributed by atoms with Gasteiger partial charge in [0.2, 0.25) is 0 Å². The van der Waals surface area contributed by atoms with Crippen molar-refractivity contribution in [2.75, 3.05) is 6.61 Å². The second-order valence-corrected chi connectivity index (χ2v) is 4.21. The first-order chi connectivity index (χ1) is 7.74. The van der Waals surface area contributed by atoms with E-state index in [1.165, 1.54) is 18.6 Å². The fraction of sp³-hybridized carbons (Fsp3) is 0.462. The van der Waals surface area contributed by atoms with Crippen LogP contribution in [0, 0.1) is 5.82 Å². The van der Waals surface area contributed by atoms with E-state index in [9.17, 15) is 9.18 Å². The summed E-state index contributed by atoms with van der Waals surface area (Å²) in [4.78, 5) is 11.5. The first-order valence-corrected chi connectivity index (χ1v) is 5.62. The number of hydrogen-bond acceptors (Lipinski definition) is 2. The second-order valence-electron chi connectivity index (χ2n) is 4.21. The van der Waals surface area contributed by atoms with Gasteiger partial charge in [-0.2, -0.15) is 0 Å². The minimum absolute atomic E-state index is 0.0542. The summed E-state index contributed by atoms with van der Waals surface area (Å²) in [5.74, 6) is -0.222. The Labute approximate surface area is 94.4 Å². The molecule has 0 radical (unpaired) electrons. The van der Waals surface area contributed by atoms with Crippen LogP contribution in [-0.2, 0) is 16.0 Å². The lowest BCUT2D eigenvalue weighted by Gasteiger charge is -2.25. The van der Waals surface area contributed by atoms with E-state index in [0.29, 0.717) is 6.42 Å². The summed E-state index contributed by atoms with van der Waals surface area (Å²) in [6.07, 6.45) is 3.97. The van der Waals surface area contributed by atoms with Crippen LogP contribution in [0.5, 0.6) is 0 Å². The second kappa shape index (κ2) is 5.21. The van der Waals surface area contributed by atoms with Crippen molar-refractivity contribution in [3.63, 3.8) is 0 Å². The predicted octanol–water partition coefficient (Wildman–Crippen LogP) is 2.51. The number of carbonyl (C=O) groups excluding carboxylic acids is 1. The third-order valence-corrected chi connectivity index (χ3v) is 2.85. The molecular formula is C13H15FO2. The van der Waals surface area contributed by atoms with Crippen LogP contribution in [-0.4, -0.2) is 18.5 Å².